The van der Waals surface area contributed by atoms with Crippen LogP contribution in [0.5, 0.6) is 0 Å². The second kappa shape index (κ2) is 13.1. The summed E-state index contributed by atoms with van der Waals surface area (Å²) in [6.45, 7) is 11.8. The Kier molecular flexibility index (Phi) is 13.1. The van der Waals surface area contributed by atoms with E-state index in [1.165, 1.54) is 0 Å². The number of hydrogen-bond acceptors (Lipinski definition) is 5. The van der Waals surface area contributed by atoms with E-state index >= 15 is 0 Å². The van der Waals surface area contributed by atoms with Crippen molar-refractivity contribution in [2.24, 2.45) is 0 Å². The molecule has 144 valence electrons. The van der Waals surface area contributed by atoms with Crippen molar-refractivity contribution in [3.05, 3.63) is 0 Å². The number of nitrogens with zero attached hydrogens (tertiary/aromatic N) is 3. The number of carbonyl (C=O) groups excluding carboxylic acids is 1. The van der Waals surface area contributed by atoms with Crippen LogP contribution in [-0.4, -0.2) is 99.3 Å². The molecule has 2 heterocycles. The summed E-state index contributed by atoms with van der Waals surface area (Å²) in [6, 6.07) is 0.596. The SMILES string of the molecule is CCC1CN(CCC(=O)N2CCNCC2)CCN1CCOC.Cl.Cl. The highest BCUT2D eigenvalue weighted by Crippen LogP contribution is 2.13. The van der Waals surface area contributed by atoms with Gasteiger partial charge in [-0.15, -0.1) is 24.8 Å². The summed E-state index contributed by atoms with van der Waals surface area (Å²) in [7, 11) is 1.76. The molecule has 2 aliphatic rings. The van der Waals surface area contributed by atoms with Gasteiger partial charge in [0.1, 0.15) is 0 Å². The molecule has 0 aromatic rings. The molecule has 1 unspecified atom stereocenters. The Bertz CT molecular complexity index is 344. The molecule has 2 aliphatic heterocycles. The number of piperazine rings is 2. The van der Waals surface area contributed by atoms with Crippen LogP contribution in [0.1, 0.15) is 19.8 Å². The summed E-state index contributed by atoms with van der Waals surface area (Å²) >= 11 is 0. The third-order valence-electron chi connectivity index (χ3n) is 4.85. The number of ether oxygens (including phenoxy) is 1. The van der Waals surface area contributed by atoms with E-state index in [1.54, 1.807) is 7.11 Å². The molecule has 8 heteroatoms. The van der Waals surface area contributed by atoms with Crippen molar-refractivity contribution < 1.29 is 9.53 Å². The van der Waals surface area contributed by atoms with Crippen LogP contribution in [0.25, 0.3) is 0 Å². The normalized spacial score (nSPS) is 22.6. The van der Waals surface area contributed by atoms with Crippen molar-refractivity contribution in [3.63, 3.8) is 0 Å². The third kappa shape index (κ3) is 7.42. The van der Waals surface area contributed by atoms with Crippen molar-refractivity contribution in [3.8, 4) is 0 Å². The standard InChI is InChI=1S/C16H32N4O2.2ClH/c1-3-15-14-18(10-11-19(15)12-13-22-2)7-4-16(21)20-8-5-17-6-9-20;;/h15,17H,3-14H2,1-2H3;2*1H. The second-order valence-corrected chi connectivity index (χ2v) is 6.27. The van der Waals surface area contributed by atoms with Crippen molar-refractivity contribution in [2.45, 2.75) is 25.8 Å². The predicted octanol–water partition coefficient (Wildman–Crippen LogP) is 0.695. The summed E-state index contributed by atoms with van der Waals surface area (Å²) < 4.78 is 5.20. The minimum atomic E-state index is 0. The van der Waals surface area contributed by atoms with Crippen molar-refractivity contribution >= 4 is 30.7 Å². The molecule has 1 amide bonds. The van der Waals surface area contributed by atoms with E-state index < -0.39 is 0 Å². The largest absolute Gasteiger partial charge is 0.383 e. The molecule has 0 spiro atoms. The lowest BCUT2D eigenvalue weighted by molar-refractivity contribution is -0.132. The van der Waals surface area contributed by atoms with Gasteiger partial charge >= 0.3 is 0 Å². The van der Waals surface area contributed by atoms with Crippen LogP contribution in [-0.2, 0) is 9.53 Å². The van der Waals surface area contributed by atoms with Gasteiger partial charge in [0.05, 0.1) is 6.61 Å². The minimum absolute atomic E-state index is 0. The summed E-state index contributed by atoms with van der Waals surface area (Å²) in [5.74, 6) is 0.316. The first kappa shape index (κ1) is 23.9. The average Bonchev–Trinajstić information content (AvgIpc) is 2.58. The molecule has 24 heavy (non-hydrogen) atoms. The zero-order chi connectivity index (χ0) is 15.8. The van der Waals surface area contributed by atoms with Crippen molar-refractivity contribution in [1.29, 1.82) is 0 Å². The smallest absolute Gasteiger partial charge is 0.223 e. The van der Waals surface area contributed by atoms with Gasteiger partial charge in [0.2, 0.25) is 5.91 Å². The lowest BCUT2D eigenvalue weighted by atomic mass is 10.1. The Hall–Kier alpha value is -0.110. The summed E-state index contributed by atoms with van der Waals surface area (Å²) in [4.78, 5) is 19.2. The van der Waals surface area contributed by atoms with Gasteiger partial charge in [-0.2, -0.15) is 0 Å². The van der Waals surface area contributed by atoms with Crippen LogP contribution >= 0.6 is 24.8 Å². The van der Waals surface area contributed by atoms with E-state index in [1.807, 2.05) is 4.90 Å². The van der Waals surface area contributed by atoms with E-state index in [-0.39, 0.29) is 24.8 Å². The third-order valence-corrected chi connectivity index (χ3v) is 4.85. The summed E-state index contributed by atoms with van der Waals surface area (Å²) in [5.41, 5.74) is 0. The second-order valence-electron chi connectivity index (χ2n) is 6.27. The number of nitrogens with one attached hydrogen (secondary N) is 1. The number of rotatable bonds is 7. The fraction of sp³-hybridized carbons (Fsp3) is 0.938. The van der Waals surface area contributed by atoms with Crippen LogP contribution in [0.4, 0.5) is 0 Å². The van der Waals surface area contributed by atoms with Gasteiger partial charge in [0.25, 0.3) is 0 Å². The molecule has 1 N–H and O–H groups in total. The van der Waals surface area contributed by atoms with E-state index in [0.29, 0.717) is 18.4 Å². The van der Waals surface area contributed by atoms with Gasteiger partial charge in [0.15, 0.2) is 0 Å². The van der Waals surface area contributed by atoms with Crippen molar-refractivity contribution in [1.82, 2.24) is 20.0 Å². The summed E-state index contributed by atoms with van der Waals surface area (Å²) in [5, 5.41) is 3.29. The van der Waals surface area contributed by atoms with Crippen LogP contribution in [0.15, 0.2) is 0 Å². The molecule has 2 fully saturated rings. The maximum absolute atomic E-state index is 12.2. The minimum Gasteiger partial charge on any atom is -0.383 e. The van der Waals surface area contributed by atoms with E-state index in [4.69, 9.17) is 4.74 Å². The molecule has 0 saturated carbocycles. The first-order chi connectivity index (χ1) is 10.7. The highest BCUT2D eigenvalue weighted by atomic mass is 35.5. The fourth-order valence-corrected chi connectivity index (χ4v) is 3.38. The fourth-order valence-electron chi connectivity index (χ4n) is 3.38. The molecular formula is C16H34Cl2N4O2. The summed E-state index contributed by atoms with van der Waals surface area (Å²) in [6.07, 6.45) is 1.82. The number of carbonyl (C=O) groups is 1. The topological polar surface area (TPSA) is 48.1 Å². The lowest BCUT2D eigenvalue weighted by Gasteiger charge is -2.41. The number of halogens is 2. The molecule has 0 aromatic carbocycles. The maximum Gasteiger partial charge on any atom is 0.223 e. The highest BCUT2D eigenvalue weighted by Gasteiger charge is 2.26. The maximum atomic E-state index is 12.2. The predicted molar refractivity (Wildman–Crippen MR) is 103 cm³/mol. The van der Waals surface area contributed by atoms with Gasteiger partial charge in [-0.1, -0.05) is 6.92 Å². The van der Waals surface area contributed by atoms with Gasteiger partial charge < -0.3 is 15.0 Å². The van der Waals surface area contributed by atoms with Crippen molar-refractivity contribution in [2.75, 3.05) is 72.6 Å². The molecule has 0 radical (unpaired) electrons. The molecule has 2 rings (SSSR count). The molecule has 6 nitrogen and oxygen atoms in total. The lowest BCUT2D eigenvalue weighted by Crippen LogP contribution is -2.54. The quantitative estimate of drug-likeness (QED) is 0.699. The zero-order valence-electron chi connectivity index (χ0n) is 15.0. The Morgan fingerprint density at radius 3 is 2.46 bits per heavy atom. The van der Waals surface area contributed by atoms with Gasteiger partial charge in [-0.05, 0) is 6.42 Å². The number of amides is 1. The van der Waals surface area contributed by atoms with Gasteiger partial charge in [0, 0.05) is 78.5 Å². The Morgan fingerprint density at radius 2 is 1.83 bits per heavy atom. The molecule has 0 aromatic heterocycles. The Morgan fingerprint density at radius 1 is 1.12 bits per heavy atom. The molecule has 1 atom stereocenters. The van der Waals surface area contributed by atoms with E-state index in [2.05, 4.69) is 22.0 Å². The number of hydrogen-bond donors (Lipinski definition) is 1. The average molecular weight is 385 g/mol. The van der Waals surface area contributed by atoms with Crippen LogP contribution in [0.2, 0.25) is 0 Å². The highest BCUT2D eigenvalue weighted by molar-refractivity contribution is 5.85. The van der Waals surface area contributed by atoms with Gasteiger partial charge in [-0.25, -0.2) is 0 Å². The first-order valence-electron chi connectivity index (χ1n) is 8.68. The monoisotopic (exact) mass is 384 g/mol. The van der Waals surface area contributed by atoms with Gasteiger partial charge in [-0.3, -0.25) is 14.6 Å². The van der Waals surface area contributed by atoms with E-state index in [9.17, 15) is 4.79 Å². The van der Waals surface area contributed by atoms with Crippen LogP contribution in [0.3, 0.4) is 0 Å². The first-order valence-corrected chi connectivity index (χ1v) is 8.68. The zero-order valence-corrected chi connectivity index (χ0v) is 16.7. The molecule has 0 bridgehead atoms. The van der Waals surface area contributed by atoms with E-state index in [0.717, 1.165) is 71.9 Å². The Labute approximate surface area is 159 Å². The molecule has 2 saturated heterocycles. The van der Waals surface area contributed by atoms with Crippen LogP contribution < -0.4 is 5.32 Å². The number of methoxy groups -OCH3 is 1. The van der Waals surface area contributed by atoms with Crippen LogP contribution in [0, 0.1) is 0 Å². The molecule has 0 aliphatic carbocycles. The Balaban J connectivity index is 0.00000264. The molecular weight excluding hydrogens is 351 g/mol.